The van der Waals surface area contributed by atoms with Crippen molar-refractivity contribution in [2.45, 2.75) is 261 Å². The van der Waals surface area contributed by atoms with Gasteiger partial charge in [0.25, 0.3) is 0 Å². The maximum absolute atomic E-state index is 7.88. The zero-order chi connectivity index (χ0) is 66.3. The number of benzene rings is 6. The highest BCUT2D eigenvalue weighted by Gasteiger charge is 2.65. The van der Waals surface area contributed by atoms with Crippen molar-refractivity contribution in [3.05, 3.63) is 215 Å². The first-order valence-electron chi connectivity index (χ1n) is 35.8. The molecule has 6 aromatic rings. The molecule has 17 atom stereocenters. The highest BCUT2D eigenvalue weighted by atomic mass is 28.4. The fourth-order valence-corrected chi connectivity index (χ4v) is 21.0. The summed E-state index contributed by atoms with van der Waals surface area (Å²) in [6.07, 6.45) is -4.94. The van der Waals surface area contributed by atoms with Crippen molar-refractivity contribution in [3.63, 3.8) is 0 Å². The van der Waals surface area contributed by atoms with Crippen LogP contribution in [0.15, 0.2) is 182 Å². The number of hydrogen-bond donors (Lipinski definition) is 0. The molecule has 514 valence electrons. The lowest BCUT2D eigenvalue weighted by molar-refractivity contribution is -0.358. The van der Waals surface area contributed by atoms with Crippen LogP contribution in [0, 0.1) is 5.92 Å². The first-order valence-corrected chi connectivity index (χ1v) is 40.9. The molecule has 0 amide bonds. The first-order chi connectivity index (χ1) is 46.3. The molecule has 95 heavy (non-hydrogen) atoms. The molecule has 5 aliphatic heterocycles. The van der Waals surface area contributed by atoms with Crippen LogP contribution in [-0.2, 0) is 101 Å². The number of fused-ring (bicyclic) bond motifs is 4. The summed E-state index contributed by atoms with van der Waals surface area (Å²) in [5.41, 5.74) is 4.68. The molecule has 0 unspecified atom stereocenters. The van der Waals surface area contributed by atoms with Crippen LogP contribution in [0.5, 0.6) is 0 Å². The highest BCUT2D eigenvalue weighted by Crippen LogP contribution is 2.52. The van der Waals surface area contributed by atoms with Crippen LogP contribution in [0.3, 0.4) is 0 Å². The molecular weight excluding hydrogens is 1230 g/mol. The molecule has 0 saturated carbocycles. The molecule has 11 rings (SSSR count). The zero-order valence-corrected chi connectivity index (χ0v) is 60.0. The minimum atomic E-state index is -2.37. The van der Waals surface area contributed by atoms with Gasteiger partial charge in [0.2, 0.25) is 0 Å². The molecule has 0 radical (unpaired) electrons. The topological polar surface area (TPSA) is 120 Å². The van der Waals surface area contributed by atoms with E-state index in [9.17, 15) is 0 Å². The van der Waals surface area contributed by atoms with Gasteiger partial charge < -0.3 is 61.0 Å². The lowest BCUT2D eigenvalue weighted by Crippen LogP contribution is -2.73. The average Bonchev–Trinajstić information content (AvgIpc) is 1.69. The summed E-state index contributed by atoms with van der Waals surface area (Å²) in [6.45, 7) is 23.6. The summed E-state index contributed by atoms with van der Waals surface area (Å²) in [7, 11) is -4.40. The summed E-state index contributed by atoms with van der Waals surface area (Å²) in [6, 6.07) is 68.4. The van der Waals surface area contributed by atoms with Crippen molar-refractivity contribution in [1.82, 2.24) is 0 Å². The molecule has 0 N–H and O–H groups in total. The second-order valence-electron chi connectivity index (χ2n) is 28.0. The van der Waals surface area contributed by atoms with Gasteiger partial charge in [0.05, 0.1) is 107 Å². The SMILES string of the molecule is CC[Si](CC)(CC)OC[C@@H](C[C@H]1O[C@@]2(C)C[C@H]3O[C@@]4(C)C[C@@H](OCc5ccccc5)[C@H]5O[C@@H]([C@H](C)COCc6ccccc6)[C@H](OCc6ccccc6)[C@H](OCc6ccccc6)[C@@H]5O[C@@H]4C[C@@H]3O[C@@H]2[C@@H](OCc2ccccc2)[C@@H]1O[Si](CC)(CC)CC)OCc1ccccc1. The monoisotopic (exact) mass is 1330 g/mol. The second-order valence-corrected chi connectivity index (χ2v) is 37.5. The maximum Gasteiger partial charge on any atom is 0.192 e. The smallest absolute Gasteiger partial charge is 0.192 e. The van der Waals surface area contributed by atoms with Crippen LogP contribution < -0.4 is 0 Å². The van der Waals surface area contributed by atoms with Gasteiger partial charge >= 0.3 is 0 Å². The number of ether oxygens (including phenoxy) is 11. The lowest BCUT2D eigenvalue weighted by atomic mass is 9.75. The van der Waals surface area contributed by atoms with Crippen molar-refractivity contribution >= 4 is 16.6 Å². The highest BCUT2D eigenvalue weighted by molar-refractivity contribution is 6.74. The Labute approximate surface area is 569 Å². The maximum atomic E-state index is 7.88. The van der Waals surface area contributed by atoms with E-state index < -0.39 is 101 Å². The fourth-order valence-electron chi connectivity index (χ4n) is 15.5. The third-order valence-electron chi connectivity index (χ3n) is 21.7. The van der Waals surface area contributed by atoms with Gasteiger partial charge in [0.1, 0.15) is 42.7 Å². The minimum Gasteiger partial charge on any atom is -0.414 e. The summed E-state index contributed by atoms with van der Waals surface area (Å²) in [5.74, 6) is -0.137. The molecule has 15 heteroatoms. The Morgan fingerprint density at radius 1 is 0.442 bits per heavy atom. The number of hydrogen-bond acceptors (Lipinski definition) is 13. The molecule has 0 spiro atoms. The molecular formula is C80H108O13Si2. The van der Waals surface area contributed by atoms with Crippen LogP contribution in [-0.4, -0.2) is 127 Å². The minimum absolute atomic E-state index is 0.137. The van der Waals surface area contributed by atoms with Crippen molar-refractivity contribution < 1.29 is 61.0 Å². The van der Waals surface area contributed by atoms with Crippen molar-refractivity contribution in [1.29, 1.82) is 0 Å². The van der Waals surface area contributed by atoms with Crippen LogP contribution in [0.1, 0.15) is 121 Å². The predicted octanol–water partition coefficient (Wildman–Crippen LogP) is 16.4. The lowest BCUT2D eigenvalue weighted by Gasteiger charge is -2.60. The van der Waals surface area contributed by atoms with E-state index in [4.69, 9.17) is 61.0 Å². The van der Waals surface area contributed by atoms with Crippen LogP contribution in [0.2, 0.25) is 36.3 Å². The standard InChI is InChI=1S/C80H108O13Si2/c1-10-94(11-2,12-3)87-57-65(82-52-60-36-24-17-25-37-60)46-67-73(93-95(13-4,14-5)15-6)77(86-56-64-44-32-21-33-45-64)78-80(9,91-67)48-68-66(88-78)47-70-79(8,92-68)49-69(83-53-61-38-26-18-27-39-61)72-76(89-70)75(85-55-63-42-30-20-31-43-63)74(84-54-62-40-28-19-29-41-62)71(90-72)58(7)50-81-51-59-34-22-16-23-35-59/h16-45,58,65-78H,10-15,46-57H2,1-9H3/t58-,65-,66+,67-,68-,69-,70-,71+,72-,73-,74+,75+,76-,77+,78-,79+,80+/m1/s1. The van der Waals surface area contributed by atoms with Crippen LogP contribution >= 0.6 is 0 Å². The van der Waals surface area contributed by atoms with E-state index in [0.717, 1.165) is 69.6 Å². The Kier molecular flexibility index (Phi) is 25.5. The molecule has 6 aromatic carbocycles. The van der Waals surface area contributed by atoms with Crippen LogP contribution in [0.25, 0.3) is 0 Å². The Balaban J connectivity index is 0.961. The Morgan fingerprint density at radius 2 is 0.905 bits per heavy atom. The molecule has 0 aromatic heterocycles. The van der Waals surface area contributed by atoms with E-state index in [1.54, 1.807) is 0 Å². The third kappa shape index (κ3) is 17.8. The normalized spacial score (nSPS) is 29.8. The summed E-state index contributed by atoms with van der Waals surface area (Å²) in [5, 5.41) is 0. The zero-order valence-electron chi connectivity index (χ0n) is 58.0. The first kappa shape index (κ1) is 71.5. The molecule has 5 saturated heterocycles. The Morgan fingerprint density at radius 3 is 1.41 bits per heavy atom. The molecule has 5 fully saturated rings. The predicted molar refractivity (Wildman–Crippen MR) is 377 cm³/mol. The summed E-state index contributed by atoms with van der Waals surface area (Å²) < 4.78 is 97.2. The van der Waals surface area contributed by atoms with Gasteiger partial charge in [-0.15, -0.1) is 0 Å². The van der Waals surface area contributed by atoms with Gasteiger partial charge in [-0.05, 0) is 83.5 Å². The molecule has 5 heterocycles. The van der Waals surface area contributed by atoms with E-state index in [1.807, 2.05) is 36.4 Å². The fraction of sp³-hybridized carbons (Fsp3) is 0.550. The van der Waals surface area contributed by atoms with Gasteiger partial charge in [-0.25, -0.2) is 0 Å². The van der Waals surface area contributed by atoms with Gasteiger partial charge in [0.15, 0.2) is 16.6 Å². The van der Waals surface area contributed by atoms with E-state index in [-0.39, 0.29) is 18.1 Å². The van der Waals surface area contributed by atoms with Gasteiger partial charge in [-0.3, -0.25) is 0 Å². The molecule has 0 bridgehead atoms. The largest absolute Gasteiger partial charge is 0.414 e. The van der Waals surface area contributed by atoms with E-state index >= 15 is 0 Å². The van der Waals surface area contributed by atoms with E-state index in [1.165, 1.54) is 0 Å². The Bertz CT molecular complexity index is 3150. The summed E-state index contributed by atoms with van der Waals surface area (Å²) in [4.78, 5) is 0. The van der Waals surface area contributed by atoms with E-state index in [0.29, 0.717) is 78.5 Å². The Hall–Kier alpha value is -4.77. The quantitative estimate of drug-likeness (QED) is 0.0364. The van der Waals surface area contributed by atoms with Gasteiger partial charge in [0, 0.05) is 31.6 Å². The van der Waals surface area contributed by atoms with Crippen molar-refractivity contribution in [2.75, 3.05) is 13.2 Å². The molecule has 5 aliphatic rings. The number of rotatable bonds is 33. The van der Waals surface area contributed by atoms with Gasteiger partial charge in [-0.1, -0.05) is 230 Å². The van der Waals surface area contributed by atoms with Gasteiger partial charge in [-0.2, -0.15) is 0 Å². The molecule has 13 nitrogen and oxygen atoms in total. The van der Waals surface area contributed by atoms with Crippen molar-refractivity contribution in [3.8, 4) is 0 Å². The average molecular weight is 1330 g/mol. The third-order valence-corrected chi connectivity index (χ3v) is 31.0. The molecule has 0 aliphatic carbocycles. The second kappa shape index (κ2) is 33.9. The van der Waals surface area contributed by atoms with E-state index in [2.05, 4.69) is 208 Å². The van der Waals surface area contributed by atoms with Crippen LogP contribution in [0.4, 0.5) is 0 Å². The summed E-state index contributed by atoms with van der Waals surface area (Å²) >= 11 is 0. The van der Waals surface area contributed by atoms with Crippen molar-refractivity contribution in [2.24, 2.45) is 5.92 Å².